The number of carbonyl (C=O) groups is 7. The van der Waals surface area contributed by atoms with Gasteiger partial charge in [-0.25, -0.2) is 14.4 Å². The van der Waals surface area contributed by atoms with Crippen LogP contribution in [-0.2, 0) is 44.6 Å². The lowest BCUT2D eigenvalue weighted by molar-refractivity contribution is -0.155. The molecule has 1 aliphatic rings. The van der Waals surface area contributed by atoms with Gasteiger partial charge in [0.2, 0.25) is 11.8 Å². The molecule has 0 saturated carbocycles. The lowest BCUT2D eigenvalue weighted by Crippen LogP contribution is -2.57. The Balaban J connectivity index is 1.52. The van der Waals surface area contributed by atoms with E-state index in [1.165, 1.54) is 6.92 Å². The van der Waals surface area contributed by atoms with E-state index < -0.39 is 77.1 Å². The van der Waals surface area contributed by atoms with Crippen molar-refractivity contribution in [3.05, 3.63) is 95.6 Å². The van der Waals surface area contributed by atoms with E-state index in [9.17, 15) is 38.7 Å². The molecule has 0 fully saturated rings. The lowest BCUT2D eigenvalue weighted by Gasteiger charge is -2.27. The number of carbonyl (C=O) groups excluding carboxylic acids is 6. The highest BCUT2D eigenvalue weighted by molar-refractivity contribution is 6.35. The predicted octanol–water partition coefficient (Wildman–Crippen LogP) is 5.55. The summed E-state index contributed by atoms with van der Waals surface area (Å²) in [4.78, 5) is 90.0. The second-order valence-electron chi connectivity index (χ2n) is 17.8. The highest BCUT2D eigenvalue weighted by atomic mass is 16.6. The number of esters is 1. The zero-order valence-electron chi connectivity index (χ0n) is 37.8. The molecule has 0 spiro atoms. The SMILES string of the molecule is C[C@H](NC(=O)[C@H](Cc1ccccc1)NC(=O)[C@H](CCC(=O)OC(C)(C)C)NC[C@H](CCCCNC(=O)OC(C)(C)C)NC(=O)OCC1c2ccccc2-c2ccccc21)C(=O)C(=O)O. The van der Waals surface area contributed by atoms with E-state index in [2.05, 4.69) is 26.6 Å². The average molecular weight is 886 g/mol. The molecule has 3 aromatic carbocycles. The number of hydrogen-bond donors (Lipinski definition) is 6. The van der Waals surface area contributed by atoms with Crippen molar-refractivity contribution in [2.75, 3.05) is 19.7 Å². The van der Waals surface area contributed by atoms with Crippen LogP contribution in [0.15, 0.2) is 78.9 Å². The van der Waals surface area contributed by atoms with Gasteiger partial charge in [0.05, 0.1) is 12.1 Å². The van der Waals surface area contributed by atoms with E-state index >= 15 is 0 Å². The van der Waals surface area contributed by atoms with Crippen molar-refractivity contribution in [1.29, 1.82) is 0 Å². The molecule has 4 atom stereocenters. The number of fused-ring (bicyclic) bond motifs is 3. The number of carboxylic acid groups (broad SMARTS) is 1. The second-order valence-corrected chi connectivity index (χ2v) is 17.8. The number of unbranched alkanes of at least 4 members (excludes halogenated alkanes) is 1. The Hall–Kier alpha value is -6.29. The molecule has 346 valence electrons. The van der Waals surface area contributed by atoms with Crippen LogP contribution in [0.5, 0.6) is 0 Å². The summed E-state index contributed by atoms with van der Waals surface area (Å²) in [6, 6.07) is 20.4. The minimum Gasteiger partial charge on any atom is -0.475 e. The standard InChI is InChI=1S/C48H63N5O11/c1-30(41(55)44(58)59)51-43(57)39(27-31-17-9-8-10-18-31)53-42(56)38(24-25-40(54)63-47(2,3)4)50-28-32(19-15-16-26-49-45(60)64-48(5,6)7)52-46(61)62-29-37-35-22-13-11-20-33(35)34-21-12-14-23-36(34)37/h8-14,17-18,20-23,30,32,37-39,50H,15-16,19,24-29H2,1-7H3,(H,49,60)(H,51,57)(H,52,61)(H,53,56)(H,58,59)/t30-,32-,38-,39-/m0/s1. The fourth-order valence-electron chi connectivity index (χ4n) is 7.21. The van der Waals surface area contributed by atoms with Crippen molar-refractivity contribution in [3.63, 3.8) is 0 Å². The molecule has 0 heterocycles. The van der Waals surface area contributed by atoms with E-state index in [-0.39, 0.29) is 38.3 Å². The maximum atomic E-state index is 14.2. The van der Waals surface area contributed by atoms with Crippen molar-refractivity contribution >= 4 is 41.7 Å². The molecule has 64 heavy (non-hydrogen) atoms. The maximum Gasteiger partial charge on any atom is 0.407 e. The molecule has 0 aliphatic heterocycles. The van der Waals surface area contributed by atoms with Gasteiger partial charge in [-0.2, -0.15) is 0 Å². The van der Waals surface area contributed by atoms with Crippen LogP contribution in [0.2, 0.25) is 0 Å². The Morgan fingerprint density at radius 3 is 1.84 bits per heavy atom. The van der Waals surface area contributed by atoms with Gasteiger partial charge in [-0.1, -0.05) is 78.9 Å². The first-order valence-corrected chi connectivity index (χ1v) is 21.7. The predicted molar refractivity (Wildman–Crippen MR) is 239 cm³/mol. The summed E-state index contributed by atoms with van der Waals surface area (Å²) in [7, 11) is 0. The Kier molecular flexibility index (Phi) is 18.4. The van der Waals surface area contributed by atoms with Crippen LogP contribution in [0.3, 0.4) is 0 Å². The zero-order valence-corrected chi connectivity index (χ0v) is 37.8. The molecule has 0 unspecified atom stereocenters. The van der Waals surface area contributed by atoms with Gasteiger partial charge in [0, 0.05) is 37.9 Å². The summed E-state index contributed by atoms with van der Waals surface area (Å²) in [6.45, 7) is 12.1. The van der Waals surface area contributed by atoms with Gasteiger partial charge in [-0.15, -0.1) is 0 Å². The first kappa shape index (κ1) is 50.4. The van der Waals surface area contributed by atoms with E-state index in [4.69, 9.17) is 14.2 Å². The number of nitrogens with one attached hydrogen (secondary N) is 5. The molecule has 6 N–H and O–H groups in total. The number of ketones is 1. The molecule has 4 amide bonds. The third kappa shape index (κ3) is 16.4. The number of hydrogen-bond acceptors (Lipinski definition) is 11. The molecule has 16 nitrogen and oxygen atoms in total. The van der Waals surface area contributed by atoms with Gasteiger partial charge in [-0.05, 0) is 102 Å². The minimum atomic E-state index is -1.72. The van der Waals surface area contributed by atoms with Crippen LogP contribution < -0.4 is 26.6 Å². The van der Waals surface area contributed by atoms with Crippen LogP contribution in [-0.4, -0.2) is 102 Å². The Bertz CT molecular complexity index is 2050. The fraction of sp³-hybridized carbons (Fsp3) is 0.479. The van der Waals surface area contributed by atoms with Gasteiger partial charge in [0.25, 0.3) is 5.78 Å². The maximum absolute atomic E-state index is 14.2. The quantitative estimate of drug-likeness (QED) is 0.0316. The van der Waals surface area contributed by atoms with E-state index in [1.54, 1.807) is 71.9 Å². The monoisotopic (exact) mass is 885 g/mol. The summed E-state index contributed by atoms with van der Waals surface area (Å²) >= 11 is 0. The lowest BCUT2D eigenvalue weighted by atomic mass is 9.98. The topological polar surface area (TPSA) is 228 Å². The third-order valence-corrected chi connectivity index (χ3v) is 10.2. The number of rotatable bonds is 22. The Morgan fingerprint density at radius 2 is 1.25 bits per heavy atom. The van der Waals surface area contributed by atoms with Crippen LogP contribution in [0.25, 0.3) is 11.1 Å². The molecule has 3 aromatic rings. The minimum absolute atomic E-state index is 0.00548. The molecular weight excluding hydrogens is 823 g/mol. The third-order valence-electron chi connectivity index (χ3n) is 10.2. The number of amides is 4. The Labute approximate surface area is 375 Å². The summed E-state index contributed by atoms with van der Waals surface area (Å²) < 4.78 is 16.7. The molecule has 1 aliphatic carbocycles. The number of carboxylic acids is 1. The number of alkyl carbamates (subject to hydrolysis) is 2. The van der Waals surface area contributed by atoms with Crippen molar-refractivity contribution in [3.8, 4) is 11.1 Å². The number of Topliss-reactive ketones (excluding diaryl/α,β-unsaturated/α-hetero) is 1. The number of aliphatic carboxylic acids is 1. The fourth-order valence-corrected chi connectivity index (χ4v) is 7.21. The smallest absolute Gasteiger partial charge is 0.407 e. The van der Waals surface area contributed by atoms with Gasteiger partial charge < -0.3 is 45.9 Å². The van der Waals surface area contributed by atoms with E-state index in [0.717, 1.165) is 22.3 Å². The number of benzene rings is 3. The first-order valence-electron chi connectivity index (χ1n) is 21.7. The molecular formula is C48H63N5O11. The normalized spacial score (nSPS) is 14.0. The van der Waals surface area contributed by atoms with Crippen molar-refractivity contribution in [2.45, 2.75) is 128 Å². The highest BCUT2D eigenvalue weighted by Crippen LogP contribution is 2.44. The zero-order chi connectivity index (χ0) is 47.0. The molecule has 0 saturated heterocycles. The summed E-state index contributed by atoms with van der Waals surface area (Å²) in [5.74, 6) is -5.15. The van der Waals surface area contributed by atoms with Crippen molar-refractivity contribution < 1.29 is 52.9 Å². The van der Waals surface area contributed by atoms with Crippen molar-refractivity contribution in [1.82, 2.24) is 26.6 Å². The van der Waals surface area contributed by atoms with Crippen LogP contribution >= 0.6 is 0 Å². The molecule has 16 heteroatoms. The largest absolute Gasteiger partial charge is 0.475 e. The molecule has 4 rings (SSSR count). The van der Waals surface area contributed by atoms with Gasteiger partial charge in [-0.3, -0.25) is 19.2 Å². The Morgan fingerprint density at radius 1 is 0.672 bits per heavy atom. The van der Waals surface area contributed by atoms with E-state index in [1.807, 2.05) is 48.5 Å². The summed E-state index contributed by atoms with van der Waals surface area (Å²) in [5.41, 5.74) is 3.48. The van der Waals surface area contributed by atoms with Crippen LogP contribution in [0, 0.1) is 0 Å². The van der Waals surface area contributed by atoms with Gasteiger partial charge >= 0.3 is 24.1 Å². The second kappa shape index (κ2) is 23.4. The highest BCUT2D eigenvalue weighted by Gasteiger charge is 2.32. The molecule has 0 radical (unpaired) electrons. The van der Waals surface area contributed by atoms with Crippen LogP contribution in [0.4, 0.5) is 9.59 Å². The van der Waals surface area contributed by atoms with E-state index in [0.29, 0.717) is 31.4 Å². The summed E-state index contributed by atoms with van der Waals surface area (Å²) in [6.07, 6.45) is -0.0225. The van der Waals surface area contributed by atoms with Crippen molar-refractivity contribution in [2.24, 2.45) is 0 Å². The van der Waals surface area contributed by atoms with Gasteiger partial charge in [0.1, 0.15) is 23.9 Å². The summed E-state index contributed by atoms with van der Waals surface area (Å²) in [5, 5.41) is 23.2. The van der Waals surface area contributed by atoms with Crippen LogP contribution in [0.1, 0.15) is 103 Å². The van der Waals surface area contributed by atoms with Gasteiger partial charge in [0.15, 0.2) is 0 Å². The molecule has 0 bridgehead atoms. The first-order chi connectivity index (χ1) is 30.2. The average Bonchev–Trinajstić information content (AvgIpc) is 3.54. The molecule has 0 aromatic heterocycles. The number of ether oxygens (including phenoxy) is 3.